The first-order valence-corrected chi connectivity index (χ1v) is 8.00. The zero-order valence-corrected chi connectivity index (χ0v) is 14.5. The number of primary amides is 1. The van der Waals surface area contributed by atoms with Gasteiger partial charge in [0.05, 0.1) is 12.5 Å². The Morgan fingerprint density at radius 2 is 1.79 bits per heavy atom. The summed E-state index contributed by atoms with van der Waals surface area (Å²) in [6.07, 6.45) is -0.143. The summed E-state index contributed by atoms with van der Waals surface area (Å²) in [4.78, 5) is 36.5. The van der Waals surface area contributed by atoms with Gasteiger partial charge in [-0.05, 0) is 31.5 Å². The molecule has 24 heavy (non-hydrogen) atoms. The molecule has 132 valence electrons. The van der Waals surface area contributed by atoms with Crippen molar-refractivity contribution < 1.29 is 19.1 Å². The van der Waals surface area contributed by atoms with Gasteiger partial charge in [0, 0.05) is 18.1 Å². The van der Waals surface area contributed by atoms with Crippen LogP contribution in [0.15, 0.2) is 24.3 Å². The molecule has 0 aliphatic rings. The van der Waals surface area contributed by atoms with E-state index in [2.05, 4.69) is 5.32 Å². The molecule has 0 aromatic heterocycles. The number of ether oxygens (including phenoxy) is 1. The molecular weight excluding hydrogens is 334 g/mol. The molecule has 1 rings (SSSR count). The number of urea groups is 1. The third-order valence-corrected chi connectivity index (χ3v) is 3.68. The second-order valence-corrected chi connectivity index (χ2v) is 5.48. The van der Waals surface area contributed by atoms with E-state index in [-0.39, 0.29) is 18.9 Å². The average molecular weight is 356 g/mol. The molecule has 1 atom stereocenters. The van der Waals surface area contributed by atoms with Crippen LogP contribution in [0.5, 0.6) is 0 Å². The molecular formula is C16H22ClN3O4. The summed E-state index contributed by atoms with van der Waals surface area (Å²) >= 11 is 5.82. The maximum Gasteiger partial charge on any atom is 0.312 e. The molecule has 3 N–H and O–H groups in total. The molecule has 0 bridgehead atoms. The number of carbonyl (C=O) groups is 3. The number of hydrogen-bond acceptors (Lipinski definition) is 4. The summed E-state index contributed by atoms with van der Waals surface area (Å²) in [5.41, 5.74) is 5.80. The monoisotopic (exact) mass is 355 g/mol. The summed E-state index contributed by atoms with van der Waals surface area (Å²) < 4.78 is 5.00. The standard InChI is InChI=1S/C16H22ClN3O4/c1-3-20(4-2)14(21)10-24-15(22)9-13(19-16(18)23)11-5-7-12(17)8-6-11/h5-8,13H,3-4,9-10H2,1-2H3,(H3,18,19,23)/t13-/m0/s1. The first kappa shape index (κ1) is 19.8. The quantitative estimate of drug-likeness (QED) is 0.695. The smallest absolute Gasteiger partial charge is 0.312 e. The normalized spacial score (nSPS) is 11.5. The lowest BCUT2D eigenvalue weighted by atomic mass is 10.0. The molecule has 0 aliphatic carbocycles. The fourth-order valence-electron chi connectivity index (χ4n) is 2.15. The van der Waals surface area contributed by atoms with Crippen molar-refractivity contribution in [3.05, 3.63) is 34.9 Å². The number of nitrogens with one attached hydrogen (secondary N) is 1. The van der Waals surface area contributed by atoms with Crippen LogP contribution >= 0.6 is 11.6 Å². The van der Waals surface area contributed by atoms with Gasteiger partial charge in [-0.15, -0.1) is 0 Å². The number of nitrogens with zero attached hydrogens (tertiary/aromatic N) is 1. The molecule has 0 saturated heterocycles. The highest BCUT2D eigenvalue weighted by atomic mass is 35.5. The Morgan fingerprint density at radius 3 is 2.29 bits per heavy atom. The number of likely N-dealkylation sites (N-methyl/N-ethyl adjacent to an activating group) is 1. The van der Waals surface area contributed by atoms with E-state index in [9.17, 15) is 14.4 Å². The van der Waals surface area contributed by atoms with Crippen molar-refractivity contribution in [3.63, 3.8) is 0 Å². The summed E-state index contributed by atoms with van der Waals surface area (Å²) in [5, 5.41) is 3.01. The van der Waals surface area contributed by atoms with E-state index in [0.717, 1.165) is 0 Å². The third kappa shape index (κ3) is 6.45. The molecule has 1 aromatic rings. The Balaban J connectivity index is 2.66. The first-order chi connectivity index (χ1) is 11.4. The van der Waals surface area contributed by atoms with Gasteiger partial charge in [0.2, 0.25) is 0 Å². The minimum absolute atomic E-state index is 0.143. The minimum atomic E-state index is -0.762. The van der Waals surface area contributed by atoms with Gasteiger partial charge in [0.15, 0.2) is 6.61 Å². The Morgan fingerprint density at radius 1 is 1.21 bits per heavy atom. The highest BCUT2D eigenvalue weighted by Gasteiger charge is 2.20. The van der Waals surface area contributed by atoms with Crippen LogP contribution in [0.4, 0.5) is 4.79 Å². The number of benzene rings is 1. The van der Waals surface area contributed by atoms with Gasteiger partial charge in [0.1, 0.15) is 0 Å². The van der Waals surface area contributed by atoms with Crippen LogP contribution in [-0.4, -0.2) is 42.5 Å². The van der Waals surface area contributed by atoms with Crippen LogP contribution in [0.3, 0.4) is 0 Å². The minimum Gasteiger partial charge on any atom is -0.455 e. The summed E-state index contributed by atoms with van der Waals surface area (Å²) in [6, 6.07) is 5.22. The van der Waals surface area contributed by atoms with Gasteiger partial charge in [0.25, 0.3) is 5.91 Å². The number of esters is 1. The maximum absolute atomic E-state index is 12.0. The van der Waals surface area contributed by atoms with Crippen LogP contribution in [0.1, 0.15) is 31.9 Å². The Labute approximate surface area is 146 Å². The number of rotatable bonds is 8. The van der Waals surface area contributed by atoms with Crippen molar-refractivity contribution in [2.45, 2.75) is 26.3 Å². The van der Waals surface area contributed by atoms with Gasteiger partial charge in [-0.25, -0.2) is 4.79 Å². The molecule has 0 fully saturated rings. The van der Waals surface area contributed by atoms with Crippen LogP contribution < -0.4 is 11.1 Å². The summed E-state index contributed by atoms with van der Waals surface area (Å²) in [5.74, 6) is -0.872. The van der Waals surface area contributed by atoms with Crippen molar-refractivity contribution in [1.29, 1.82) is 0 Å². The average Bonchev–Trinajstić information content (AvgIpc) is 2.53. The van der Waals surface area contributed by atoms with E-state index in [1.54, 1.807) is 29.2 Å². The molecule has 1 aromatic carbocycles. The van der Waals surface area contributed by atoms with Crippen molar-refractivity contribution in [2.24, 2.45) is 5.73 Å². The number of amides is 3. The number of halogens is 1. The number of hydrogen-bond donors (Lipinski definition) is 2. The third-order valence-electron chi connectivity index (χ3n) is 3.43. The van der Waals surface area contributed by atoms with Gasteiger partial charge < -0.3 is 20.7 Å². The molecule has 0 unspecified atom stereocenters. The van der Waals surface area contributed by atoms with E-state index in [0.29, 0.717) is 23.7 Å². The highest BCUT2D eigenvalue weighted by Crippen LogP contribution is 2.20. The molecule has 8 heteroatoms. The number of carbonyl (C=O) groups excluding carboxylic acids is 3. The maximum atomic E-state index is 12.0. The Kier molecular flexibility index (Phi) is 8.05. The zero-order valence-electron chi connectivity index (χ0n) is 13.8. The molecule has 0 saturated carbocycles. The second kappa shape index (κ2) is 9.77. The summed E-state index contributed by atoms with van der Waals surface area (Å²) in [7, 11) is 0. The molecule has 0 radical (unpaired) electrons. The molecule has 0 spiro atoms. The fraction of sp³-hybridized carbons (Fsp3) is 0.438. The van der Waals surface area contributed by atoms with Crippen LogP contribution in [0, 0.1) is 0 Å². The zero-order chi connectivity index (χ0) is 18.1. The lowest BCUT2D eigenvalue weighted by molar-refractivity contribution is -0.152. The SMILES string of the molecule is CCN(CC)C(=O)COC(=O)C[C@H](NC(N)=O)c1ccc(Cl)cc1. The van der Waals surface area contributed by atoms with E-state index in [4.69, 9.17) is 22.1 Å². The topological polar surface area (TPSA) is 102 Å². The van der Waals surface area contributed by atoms with Crippen molar-refractivity contribution in [2.75, 3.05) is 19.7 Å². The van der Waals surface area contributed by atoms with E-state index < -0.39 is 18.0 Å². The van der Waals surface area contributed by atoms with Crippen LogP contribution in [0.25, 0.3) is 0 Å². The number of nitrogens with two attached hydrogens (primary N) is 1. The van der Waals surface area contributed by atoms with Gasteiger partial charge >= 0.3 is 12.0 Å². The van der Waals surface area contributed by atoms with Gasteiger partial charge in [-0.1, -0.05) is 23.7 Å². The molecule has 3 amide bonds. The summed E-state index contributed by atoms with van der Waals surface area (Å²) in [6.45, 7) is 4.45. The Bertz CT molecular complexity index is 573. The van der Waals surface area contributed by atoms with Crippen LogP contribution in [0.2, 0.25) is 5.02 Å². The van der Waals surface area contributed by atoms with E-state index in [1.807, 2.05) is 13.8 Å². The van der Waals surface area contributed by atoms with Crippen LogP contribution in [-0.2, 0) is 14.3 Å². The molecule has 0 heterocycles. The van der Waals surface area contributed by atoms with Gasteiger partial charge in [-0.3, -0.25) is 9.59 Å². The molecule has 7 nitrogen and oxygen atoms in total. The lowest BCUT2D eigenvalue weighted by Crippen LogP contribution is -2.36. The van der Waals surface area contributed by atoms with E-state index >= 15 is 0 Å². The first-order valence-electron chi connectivity index (χ1n) is 7.62. The van der Waals surface area contributed by atoms with Crippen molar-refractivity contribution in [1.82, 2.24) is 10.2 Å². The predicted molar refractivity (Wildman–Crippen MR) is 90.4 cm³/mol. The Hall–Kier alpha value is -2.28. The largest absolute Gasteiger partial charge is 0.455 e. The van der Waals surface area contributed by atoms with E-state index in [1.165, 1.54) is 0 Å². The lowest BCUT2D eigenvalue weighted by Gasteiger charge is -2.20. The van der Waals surface area contributed by atoms with Crippen molar-refractivity contribution >= 4 is 29.5 Å². The highest BCUT2D eigenvalue weighted by molar-refractivity contribution is 6.30. The van der Waals surface area contributed by atoms with Gasteiger partial charge in [-0.2, -0.15) is 0 Å². The second-order valence-electron chi connectivity index (χ2n) is 5.04. The van der Waals surface area contributed by atoms with Crippen molar-refractivity contribution in [3.8, 4) is 0 Å². The predicted octanol–water partition coefficient (Wildman–Crippen LogP) is 1.85. The molecule has 0 aliphatic heterocycles. The fourth-order valence-corrected chi connectivity index (χ4v) is 2.28.